The number of aliphatic hydroxyl groups is 1. The van der Waals surface area contributed by atoms with Crippen LogP contribution in [0.25, 0.3) is 0 Å². The van der Waals surface area contributed by atoms with Crippen molar-refractivity contribution in [2.75, 3.05) is 0 Å². The Morgan fingerprint density at radius 3 is 2.65 bits per heavy atom. The lowest BCUT2D eigenvalue weighted by Crippen LogP contribution is -2.22. The molecule has 0 saturated heterocycles. The van der Waals surface area contributed by atoms with Crippen molar-refractivity contribution in [3.8, 4) is 0 Å². The zero-order chi connectivity index (χ0) is 12.4. The summed E-state index contributed by atoms with van der Waals surface area (Å²) < 4.78 is 0. The van der Waals surface area contributed by atoms with E-state index >= 15 is 0 Å². The zero-order valence-corrected chi connectivity index (χ0v) is 10.4. The summed E-state index contributed by atoms with van der Waals surface area (Å²) in [5.41, 5.74) is 1.06. The molecule has 2 rings (SSSR count). The van der Waals surface area contributed by atoms with Gasteiger partial charge in [-0.3, -0.25) is 4.79 Å². The summed E-state index contributed by atoms with van der Waals surface area (Å²) in [5, 5.41) is 16.7. The Labute approximate surface area is 101 Å². The van der Waals surface area contributed by atoms with Crippen LogP contribution in [0.2, 0.25) is 0 Å². The van der Waals surface area contributed by atoms with E-state index in [1.54, 1.807) is 6.07 Å². The highest BCUT2D eigenvalue weighted by Gasteiger charge is 2.26. The third-order valence-electron chi connectivity index (χ3n) is 3.61. The van der Waals surface area contributed by atoms with Gasteiger partial charge in [-0.05, 0) is 30.7 Å². The van der Waals surface area contributed by atoms with Crippen molar-refractivity contribution < 1.29 is 5.11 Å². The van der Waals surface area contributed by atoms with Crippen molar-refractivity contribution in [2.24, 2.45) is 5.92 Å². The minimum atomic E-state index is -0.637. The Balaban J connectivity index is 2.29. The number of hydrogen-bond donors (Lipinski definition) is 2. The average Bonchev–Trinajstić information content (AvgIpc) is 2.81. The molecule has 1 aromatic rings. The SMILES string of the molecule is CC(C)c1cc(C(O)C2CCCC2)c(=O)[nH]n1. The van der Waals surface area contributed by atoms with Crippen molar-refractivity contribution >= 4 is 0 Å². The molecule has 1 heterocycles. The largest absolute Gasteiger partial charge is 0.388 e. The first-order valence-corrected chi connectivity index (χ1v) is 6.37. The van der Waals surface area contributed by atoms with Gasteiger partial charge in [-0.1, -0.05) is 26.7 Å². The first-order chi connectivity index (χ1) is 8.09. The molecule has 17 heavy (non-hydrogen) atoms. The van der Waals surface area contributed by atoms with Gasteiger partial charge in [-0.25, -0.2) is 5.10 Å². The molecule has 0 bridgehead atoms. The minimum absolute atomic E-state index is 0.235. The molecule has 1 atom stereocenters. The molecule has 1 aliphatic carbocycles. The molecule has 94 valence electrons. The fourth-order valence-corrected chi connectivity index (χ4v) is 2.48. The highest BCUT2D eigenvalue weighted by Crippen LogP contribution is 2.34. The maximum atomic E-state index is 11.7. The van der Waals surface area contributed by atoms with Gasteiger partial charge in [-0.2, -0.15) is 5.10 Å². The predicted octanol–water partition coefficient (Wildman–Crippen LogP) is 2.12. The Bertz CT molecular complexity index is 433. The van der Waals surface area contributed by atoms with Gasteiger partial charge in [0.15, 0.2) is 0 Å². The van der Waals surface area contributed by atoms with Crippen LogP contribution >= 0.6 is 0 Å². The molecule has 2 N–H and O–H groups in total. The monoisotopic (exact) mass is 236 g/mol. The number of aromatic amines is 1. The first kappa shape index (κ1) is 12.3. The number of nitrogens with one attached hydrogen (secondary N) is 1. The molecule has 1 unspecified atom stereocenters. The second-order valence-electron chi connectivity index (χ2n) is 5.22. The Hall–Kier alpha value is -1.16. The molecule has 4 heteroatoms. The molecule has 0 aliphatic heterocycles. The predicted molar refractivity (Wildman–Crippen MR) is 65.9 cm³/mol. The Morgan fingerprint density at radius 1 is 1.41 bits per heavy atom. The van der Waals surface area contributed by atoms with E-state index in [2.05, 4.69) is 10.2 Å². The van der Waals surface area contributed by atoms with E-state index in [1.165, 1.54) is 0 Å². The van der Waals surface area contributed by atoms with Crippen LogP contribution in [0.15, 0.2) is 10.9 Å². The number of H-pyrrole nitrogens is 1. The normalized spacial score (nSPS) is 18.8. The molecule has 0 radical (unpaired) electrons. The number of aliphatic hydroxyl groups excluding tert-OH is 1. The molecule has 1 fully saturated rings. The third kappa shape index (κ3) is 2.57. The summed E-state index contributed by atoms with van der Waals surface area (Å²) >= 11 is 0. The molecule has 1 saturated carbocycles. The lowest BCUT2D eigenvalue weighted by molar-refractivity contribution is 0.110. The van der Waals surface area contributed by atoms with Gasteiger partial charge in [0, 0.05) is 5.56 Å². The average molecular weight is 236 g/mol. The van der Waals surface area contributed by atoms with E-state index < -0.39 is 6.10 Å². The molecule has 1 aromatic heterocycles. The summed E-state index contributed by atoms with van der Waals surface area (Å²) in [5.74, 6) is 0.486. The first-order valence-electron chi connectivity index (χ1n) is 6.37. The summed E-state index contributed by atoms with van der Waals surface area (Å²) in [4.78, 5) is 11.7. The van der Waals surface area contributed by atoms with Crippen LogP contribution < -0.4 is 5.56 Å². The second-order valence-corrected chi connectivity index (χ2v) is 5.22. The molecular weight excluding hydrogens is 216 g/mol. The van der Waals surface area contributed by atoms with E-state index in [0.29, 0.717) is 5.56 Å². The molecule has 0 spiro atoms. The maximum absolute atomic E-state index is 11.7. The molecule has 0 aromatic carbocycles. The van der Waals surface area contributed by atoms with Crippen molar-refractivity contribution in [1.82, 2.24) is 10.2 Å². The second kappa shape index (κ2) is 5.00. The summed E-state index contributed by atoms with van der Waals surface area (Å²) in [6, 6.07) is 1.76. The quantitative estimate of drug-likeness (QED) is 0.844. The third-order valence-corrected chi connectivity index (χ3v) is 3.61. The topological polar surface area (TPSA) is 66.0 Å². The van der Waals surface area contributed by atoms with E-state index in [0.717, 1.165) is 31.4 Å². The van der Waals surface area contributed by atoms with Crippen LogP contribution in [-0.4, -0.2) is 15.3 Å². The minimum Gasteiger partial charge on any atom is -0.388 e. The standard InChI is InChI=1S/C13H20N2O2/c1-8(2)11-7-10(13(17)15-14-11)12(16)9-5-3-4-6-9/h7-9,12,16H,3-6H2,1-2H3,(H,15,17). The van der Waals surface area contributed by atoms with E-state index in [4.69, 9.17) is 0 Å². The Kier molecular flexibility index (Phi) is 3.62. The molecule has 4 nitrogen and oxygen atoms in total. The van der Waals surface area contributed by atoms with Crippen molar-refractivity contribution in [2.45, 2.75) is 51.6 Å². The van der Waals surface area contributed by atoms with Crippen LogP contribution in [0, 0.1) is 5.92 Å². The highest BCUT2D eigenvalue weighted by molar-refractivity contribution is 5.18. The van der Waals surface area contributed by atoms with E-state index in [1.807, 2.05) is 13.8 Å². The van der Waals surface area contributed by atoms with Gasteiger partial charge < -0.3 is 5.11 Å². The van der Waals surface area contributed by atoms with Gasteiger partial charge in [0.2, 0.25) is 0 Å². The lowest BCUT2D eigenvalue weighted by atomic mass is 9.94. The number of nitrogens with zero attached hydrogens (tertiary/aromatic N) is 1. The van der Waals surface area contributed by atoms with Gasteiger partial charge >= 0.3 is 0 Å². The molecular formula is C13H20N2O2. The summed E-state index contributed by atoms with van der Waals surface area (Å²) in [6.07, 6.45) is 3.70. The fourth-order valence-electron chi connectivity index (χ4n) is 2.48. The summed E-state index contributed by atoms with van der Waals surface area (Å²) in [6.45, 7) is 4.04. The Morgan fingerprint density at radius 2 is 2.06 bits per heavy atom. The van der Waals surface area contributed by atoms with E-state index in [-0.39, 0.29) is 17.4 Å². The van der Waals surface area contributed by atoms with Crippen molar-refractivity contribution in [1.29, 1.82) is 0 Å². The number of hydrogen-bond acceptors (Lipinski definition) is 3. The highest BCUT2D eigenvalue weighted by atomic mass is 16.3. The maximum Gasteiger partial charge on any atom is 0.270 e. The molecule has 1 aliphatic rings. The van der Waals surface area contributed by atoms with Crippen molar-refractivity contribution in [3.05, 3.63) is 27.7 Å². The van der Waals surface area contributed by atoms with Gasteiger partial charge in [0.05, 0.1) is 11.8 Å². The van der Waals surface area contributed by atoms with Crippen LogP contribution in [0.1, 0.15) is 62.8 Å². The van der Waals surface area contributed by atoms with Crippen LogP contribution in [-0.2, 0) is 0 Å². The molecule has 0 amide bonds. The smallest absolute Gasteiger partial charge is 0.270 e. The van der Waals surface area contributed by atoms with Crippen LogP contribution in [0.4, 0.5) is 0 Å². The lowest BCUT2D eigenvalue weighted by Gasteiger charge is -2.17. The van der Waals surface area contributed by atoms with Crippen LogP contribution in [0.5, 0.6) is 0 Å². The zero-order valence-electron chi connectivity index (χ0n) is 10.4. The number of rotatable bonds is 3. The van der Waals surface area contributed by atoms with Gasteiger partial charge in [0.1, 0.15) is 0 Å². The summed E-state index contributed by atoms with van der Waals surface area (Å²) in [7, 11) is 0. The number of aromatic nitrogens is 2. The van der Waals surface area contributed by atoms with Crippen LogP contribution in [0.3, 0.4) is 0 Å². The fraction of sp³-hybridized carbons (Fsp3) is 0.692. The van der Waals surface area contributed by atoms with Gasteiger partial charge in [-0.15, -0.1) is 0 Å². The van der Waals surface area contributed by atoms with E-state index in [9.17, 15) is 9.90 Å². The van der Waals surface area contributed by atoms with Gasteiger partial charge in [0.25, 0.3) is 5.56 Å². The van der Waals surface area contributed by atoms with Crippen molar-refractivity contribution in [3.63, 3.8) is 0 Å².